The third kappa shape index (κ3) is 12.3. The van der Waals surface area contributed by atoms with E-state index in [1.54, 1.807) is 18.5 Å². The maximum atomic E-state index is 12.3. The second kappa shape index (κ2) is 20.0. The molecule has 328 valence electrons. The Morgan fingerprint density at radius 3 is 2.24 bits per heavy atom. The summed E-state index contributed by atoms with van der Waals surface area (Å²) >= 11 is 0. The largest absolute Gasteiger partial charge is 0.514 e. The van der Waals surface area contributed by atoms with Crippen LogP contribution in [0.15, 0.2) is 85.2 Å². The number of alkyl carbamates (subject to hydrolysis) is 1. The minimum Gasteiger partial charge on any atom is -0.465 e. The molecule has 2 fully saturated rings. The summed E-state index contributed by atoms with van der Waals surface area (Å²) in [5.74, 6) is 1.99. The molecule has 0 unspecified atom stereocenters. The number of H-pyrrole nitrogens is 1. The van der Waals surface area contributed by atoms with Crippen molar-refractivity contribution in [1.29, 1.82) is 0 Å². The van der Waals surface area contributed by atoms with Crippen LogP contribution in [-0.2, 0) is 21.6 Å². The quantitative estimate of drug-likeness (QED) is 0.0397. The maximum Gasteiger partial charge on any atom is 0.514 e. The molecule has 0 bridgehead atoms. The van der Waals surface area contributed by atoms with E-state index in [1.165, 1.54) is 29.2 Å². The zero-order chi connectivity index (χ0) is 44.4. The van der Waals surface area contributed by atoms with E-state index in [0.29, 0.717) is 36.3 Å². The van der Waals surface area contributed by atoms with Gasteiger partial charge in [0.1, 0.15) is 18.0 Å². The van der Waals surface area contributed by atoms with Gasteiger partial charge < -0.3 is 30.0 Å². The van der Waals surface area contributed by atoms with Gasteiger partial charge in [0.25, 0.3) is 5.69 Å². The van der Waals surface area contributed by atoms with Crippen LogP contribution in [0.5, 0.6) is 5.75 Å². The number of anilines is 3. The predicted octanol–water partition coefficient (Wildman–Crippen LogP) is 8.80. The predicted molar refractivity (Wildman–Crippen MR) is 227 cm³/mol. The van der Waals surface area contributed by atoms with Crippen molar-refractivity contribution in [3.8, 4) is 5.75 Å². The number of nitro benzene ring substituents is 1. The van der Waals surface area contributed by atoms with Crippen LogP contribution in [0.1, 0.15) is 102 Å². The molecule has 4 atom stereocenters. The van der Waals surface area contributed by atoms with Gasteiger partial charge in [0.15, 0.2) is 11.6 Å². The molecule has 2 aromatic carbocycles. The molecular weight excluding hydrogens is 801 g/mol. The van der Waals surface area contributed by atoms with Crippen LogP contribution in [-0.4, -0.2) is 76.6 Å². The monoisotopic (exact) mass is 852 g/mol. The molecule has 5 aromatic rings. The van der Waals surface area contributed by atoms with E-state index in [1.807, 2.05) is 81.8 Å². The molecule has 2 amide bonds. The van der Waals surface area contributed by atoms with E-state index in [4.69, 9.17) is 14.2 Å². The summed E-state index contributed by atoms with van der Waals surface area (Å²) in [6, 6.07) is 20.1. The summed E-state index contributed by atoms with van der Waals surface area (Å²) in [5, 5.41) is 38.5. The first kappa shape index (κ1) is 44.5. The van der Waals surface area contributed by atoms with Gasteiger partial charge in [0.05, 0.1) is 17.0 Å². The van der Waals surface area contributed by atoms with Crippen molar-refractivity contribution in [2.45, 2.75) is 115 Å². The van der Waals surface area contributed by atoms with Gasteiger partial charge in [-0.15, -0.1) is 0 Å². The van der Waals surface area contributed by atoms with E-state index >= 15 is 0 Å². The molecule has 19 heteroatoms. The number of nitrogens with zero attached hydrogens (tertiary/aromatic N) is 7. The fourth-order valence-corrected chi connectivity index (χ4v) is 7.40. The van der Waals surface area contributed by atoms with Gasteiger partial charge in [0, 0.05) is 65.9 Å². The van der Waals surface area contributed by atoms with Crippen LogP contribution in [0.25, 0.3) is 0 Å². The van der Waals surface area contributed by atoms with Crippen molar-refractivity contribution < 1.29 is 38.6 Å². The Kier molecular flexibility index (Phi) is 14.4. The lowest BCUT2D eigenvalue weighted by Gasteiger charge is -2.25. The molecule has 62 heavy (non-hydrogen) atoms. The molecule has 0 spiro atoms. The van der Waals surface area contributed by atoms with Crippen LogP contribution in [0.4, 0.5) is 37.7 Å². The van der Waals surface area contributed by atoms with Crippen LogP contribution in [0.2, 0.25) is 0 Å². The number of carboxylic acid groups (broad SMARTS) is 1. The van der Waals surface area contributed by atoms with Gasteiger partial charge in [-0.3, -0.25) is 24.8 Å². The molecule has 4 N–H and O–H groups in total. The summed E-state index contributed by atoms with van der Waals surface area (Å²) in [6.07, 6.45) is 5.07. The Bertz CT molecular complexity index is 2280. The number of aromatic nitrogens is 6. The second-order valence-corrected chi connectivity index (χ2v) is 16.5. The van der Waals surface area contributed by atoms with E-state index in [9.17, 15) is 29.6 Å². The number of amides is 2. The van der Waals surface area contributed by atoms with E-state index in [2.05, 4.69) is 35.9 Å². The van der Waals surface area contributed by atoms with Crippen LogP contribution < -0.4 is 20.3 Å². The zero-order valence-corrected chi connectivity index (χ0v) is 35.3. The van der Waals surface area contributed by atoms with Crippen LogP contribution in [0, 0.1) is 10.1 Å². The molecule has 3 heterocycles. The highest BCUT2D eigenvalue weighted by Gasteiger charge is 2.35. The van der Waals surface area contributed by atoms with E-state index in [-0.39, 0.29) is 42.1 Å². The molecular formula is C43H52N10O9. The number of rotatable bonds is 12. The number of nitro groups is 1. The zero-order valence-electron chi connectivity index (χ0n) is 35.3. The minimum absolute atomic E-state index is 0.0000186. The van der Waals surface area contributed by atoms with Crippen molar-refractivity contribution in [1.82, 2.24) is 35.3 Å². The number of nitrogens with one attached hydrogen (secondary N) is 3. The molecule has 19 nitrogen and oxygen atoms in total. The molecule has 2 aliphatic carbocycles. The number of ether oxygens (including phenoxy) is 3. The lowest BCUT2D eigenvalue weighted by molar-refractivity contribution is -0.384. The Balaban J connectivity index is 0.000000229. The van der Waals surface area contributed by atoms with Crippen molar-refractivity contribution >= 4 is 41.6 Å². The Morgan fingerprint density at radius 1 is 0.935 bits per heavy atom. The lowest BCUT2D eigenvalue weighted by atomic mass is 10.0. The number of benzene rings is 2. The summed E-state index contributed by atoms with van der Waals surface area (Å²) in [5.41, 5.74) is 2.25. The maximum absolute atomic E-state index is 12.3. The molecule has 0 radical (unpaired) electrons. The third-order valence-electron chi connectivity index (χ3n) is 10.3. The SMILES string of the molecule is CC(C)(C)n1nc(N(Cc2ccccc2)C(=O)O)cc1[C@H]1CC[C@@H](OC(=O)Oc2ccc([N+](=O)[O-])cc2)C1.CC(C)NC(=O)O[C@@H]1CC[C@H](c2cc(Nc3ncccn3)n[nH]2)C1. The highest BCUT2D eigenvalue weighted by Crippen LogP contribution is 2.40. The second-order valence-electron chi connectivity index (χ2n) is 16.5. The standard InChI is InChI=1S/C27H30N4O7.C16H22N6O2/c1-27(2,3)30-23(16-24(28-30)29(25(32)33)17-18-7-5-4-6-8-18)19-9-12-22(15-19)38-26(34)37-21-13-10-20(11-14-21)31(35)36;1-10(2)19-16(23)24-12-5-4-11(8-12)13-9-14(22-21-13)20-15-17-6-3-7-18-15/h4-8,10-11,13-14,16,19,22H,9,12,15,17H2,1-3H3,(H,32,33);3,6-7,9-12H,4-5,8H2,1-2H3,(H,19,23)(H2,17,18,20,21,22)/t19-,22+;11-,12+/m00/s1. The lowest BCUT2D eigenvalue weighted by Crippen LogP contribution is -2.33. The minimum atomic E-state index is -1.10. The van der Waals surface area contributed by atoms with E-state index in [0.717, 1.165) is 42.6 Å². The van der Waals surface area contributed by atoms with E-state index < -0.39 is 28.8 Å². The first-order valence-corrected chi connectivity index (χ1v) is 20.5. The average molecular weight is 853 g/mol. The Hall–Kier alpha value is -7.05. The number of carbonyl (C=O) groups is 3. The normalized spacial score (nSPS) is 18.3. The molecule has 3 aromatic heterocycles. The molecule has 7 rings (SSSR count). The topological polar surface area (TPSA) is 242 Å². The smallest absolute Gasteiger partial charge is 0.465 e. The summed E-state index contributed by atoms with van der Waals surface area (Å²) in [6.45, 7) is 9.99. The highest BCUT2D eigenvalue weighted by molar-refractivity contribution is 5.84. The van der Waals surface area contributed by atoms with Crippen LogP contribution in [0.3, 0.4) is 0 Å². The Labute approximate surface area is 358 Å². The van der Waals surface area contributed by atoms with Crippen molar-refractivity contribution in [3.63, 3.8) is 0 Å². The molecule has 0 saturated heterocycles. The summed E-state index contributed by atoms with van der Waals surface area (Å²) in [4.78, 5) is 55.9. The van der Waals surface area contributed by atoms with Crippen molar-refractivity contribution in [3.05, 3.63) is 112 Å². The Morgan fingerprint density at radius 2 is 1.60 bits per heavy atom. The van der Waals surface area contributed by atoms with Gasteiger partial charge in [-0.1, -0.05) is 30.3 Å². The van der Waals surface area contributed by atoms with Gasteiger partial charge >= 0.3 is 18.3 Å². The van der Waals surface area contributed by atoms with Crippen molar-refractivity contribution in [2.75, 3.05) is 10.2 Å². The molecule has 2 saturated carbocycles. The summed E-state index contributed by atoms with van der Waals surface area (Å²) < 4.78 is 18.0. The average Bonchev–Trinajstić information content (AvgIpc) is 4.06. The fraction of sp³-hybridized carbons (Fsp3) is 0.419. The number of carbonyl (C=O) groups excluding carboxylic acids is 2. The molecule has 0 aliphatic heterocycles. The third-order valence-corrected chi connectivity index (χ3v) is 10.3. The molecule has 2 aliphatic rings. The van der Waals surface area contributed by atoms with Gasteiger partial charge in [-0.25, -0.2) is 24.4 Å². The number of aromatic amines is 1. The number of hydrogen-bond acceptors (Lipinski definition) is 13. The van der Waals surface area contributed by atoms with Gasteiger partial charge in [-0.05, 0) is 96.9 Å². The highest BCUT2D eigenvalue weighted by atomic mass is 16.7. The first-order chi connectivity index (χ1) is 29.6. The van der Waals surface area contributed by atoms with Crippen LogP contribution >= 0.6 is 0 Å². The van der Waals surface area contributed by atoms with Crippen molar-refractivity contribution in [2.24, 2.45) is 0 Å². The van der Waals surface area contributed by atoms with Gasteiger partial charge in [0.2, 0.25) is 5.95 Å². The summed E-state index contributed by atoms with van der Waals surface area (Å²) in [7, 11) is 0. The fourth-order valence-electron chi connectivity index (χ4n) is 7.40. The number of hydrogen-bond donors (Lipinski definition) is 4. The first-order valence-electron chi connectivity index (χ1n) is 20.5. The van der Waals surface area contributed by atoms with Gasteiger partial charge in [-0.2, -0.15) is 10.2 Å². The number of non-ortho nitro benzene ring substituents is 1.